The fraction of sp³-hybridized carbons (Fsp3) is 0.917. The van der Waals surface area contributed by atoms with E-state index in [0.717, 1.165) is 31.9 Å². The van der Waals surface area contributed by atoms with Crippen LogP contribution in [0.25, 0.3) is 0 Å². The zero-order chi connectivity index (χ0) is 12.2. The van der Waals surface area contributed by atoms with Crippen LogP contribution in [0.1, 0.15) is 44.3 Å². The quantitative estimate of drug-likeness (QED) is 0.813. The predicted octanol–water partition coefficient (Wildman–Crippen LogP) is 0.884. The van der Waals surface area contributed by atoms with Gasteiger partial charge in [-0.2, -0.15) is 0 Å². The van der Waals surface area contributed by atoms with E-state index in [1.807, 2.05) is 4.68 Å². The van der Waals surface area contributed by atoms with E-state index in [0.29, 0.717) is 12.1 Å². The summed E-state index contributed by atoms with van der Waals surface area (Å²) in [7, 11) is 0. The molecule has 1 saturated carbocycles. The van der Waals surface area contributed by atoms with Crippen LogP contribution in [0, 0.1) is 0 Å². The molecule has 0 radical (unpaired) electrons. The molecule has 2 aliphatic rings. The third kappa shape index (κ3) is 3.26. The second kappa shape index (κ2) is 5.75. The SMILES string of the molecule is C1CCC(CCn2nnnc2CNC2CC2)OC1. The molecule has 1 aliphatic heterocycles. The number of hydrogen-bond acceptors (Lipinski definition) is 5. The summed E-state index contributed by atoms with van der Waals surface area (Å²) in [5.74, 6) is 0.942. The monoisotopic (exact) mass is 251 g/mol. The van der Waals surface area contributed by atoms with E-state index in [1.165, 1.54) is 32.1 Å². The molecule has 18 heavy (non-hydrogen) atoms. The molecule has 100 valence electrons. The molecule has 2 fully saturated rings. The molecule has 0 amide bonds. The highest BCUT2D eigenvalue weighted by molar-refractivity contribution is 4.87. The van der Waals surface area contributed by atoms with Crippen LogP contribution in [0.15, 0.2) is 0 Å². The zero-order valence-electron chi connectivity index (χ0n) is 10.7. The molecule has 6 nitrogen and oxygen atoms in total. The zero-order valence-corrected chi connectivity index (χ0v) is 10.7. The minimum Gasteiger partial charge on any atom is -0.378 e. The Labute approximate surface area is 107 Å². The van der Waals surface area contributed by atoms with Crippen molar-refractivity contribution in [3.05, 3.63) is 5.82 Å². The number of nitrogens with zero attached hydrogens (tertiary/aromatic N) is 4. The Bertz CT molecular complexity index is 370. The van der Waals surface area contributed by atoms with E-state index in [1.54, 1.807) is 0 Å². The van der Waals surface area contributed by atoms with Crippen molar-refractivity contribution >= 4 is 0 Å². The van der Waals surface area contributed by atoms with Crippen molar-refractivity contribution in [2.24, 2.45) is 0 Å². The van der Waals surface area contributed by atoms with Crippen LogP contribution in [0.4, 0.5) is 0 Å². The average molecular weight is 251 g/mol. The summed E-state index contributed by atoms with van der Waals surface area (Å²) in [5, 5.41) is 15.3. The third-order valence-electron chi connectivity index (χ3n) is 3.67. The highest BCUT2D eigenvalue weighted by Gasteiger charge is 2.21. The first-order chi connectivity index (χ1) is 8.92. The Morgan fingerprint density at radius 1 is 1.28 bits per heavy atom. The van der Waals surface area contributed by atoms with Crippen LogP contribution in [0.3, 0.4) is 0 Å². The fourth-order valence-corrected chi connectivity index (χ4v) is 2.35. The minimum absolute atomic E-state index is 0.396. The second-order valence-electron chi connectivity index (χ2n) is 5.25. The van der Waals surface area contributed by atoms with Crippen LogP contribution < -0.4 is 5.32 Å². The summed E-state index contributed by atoms with van der Waals surface area (Å²) in [6.45, 7) is 2.55. The maximum absolute atomic E-state index is 5.73. The summed E-state index contributed by atoms with van der Waals surface area (Å²) in [6.07, 6.45) is 7.66. The molecular weight excluding hydrogens is 230 g/mol. The Morgan fingerprint density at radius 2 is 2.22 bits per heavy atom. The van der Waals surface area contributed by atoms with Gasteiger partial charge in [-0.3, -0.25) is 0 Å². The van der Waals surface area contributed by atoms with E-state index >= 15 is 0 Å². The van der Waals surface area contributed by atoms with Crippen LogP contribution in [0.5, 0.6) is 0 Å². The van der Waals surface area contributed by atoms with E-state index in [9.17, 15) is 0 Å². The summed E-state index contributed by atoms with van der Waals surface area (Å²) in [5.41, 5.74) is 0. The van der Waals surface area contributed by atoms with Crippen molar-refractivity contribution in [2.45, 2.75) is 63.8 Å². The van der Waals surface area contributed by atoms with Gasteiger partial charge in [0.15, 0.2) is 5.82 Å². The van der Waals surface area contributed by atoms with Crippen molar-refractivity contribution in [3.63, 3.8) is 0 Å². The van der Waals surface area contributed by atoms with Gasteiger partial charge in [0, 0.05) is 19.2 Å². The molecule has 1 N–H and O–H groups in total. The first-order valence-electron chi connectivity index (χ1n) is 7.02. The lowest BCUT2D eigenvalue weighted by Crippen LogP contribution is -2.23. The van der Waals surface area contributed by atoms with Gasteiger partial charge in [0.2, 0.25) is 0 Å². The molecule has 1 aromatic rings. The summed E-state index contributed by atoms with van der Waals surface area (Å²) in [4.78, 5) is 0. The lowest BCUT2D eigenvalue weighted by molar-refractivity contribution is 0.00806. The highest BCUT2D eigenvalue weighted by Crippen LogP contribution is 2.19. The minimum atomic E-state index is 0.396. The molecule has 0 spiro atoms. The van der Waals surface area contributed by atoms with E-state index in [4.69, 9.17) is 4.74 Å². The van der Waals surface area contributed by atoms with Crippen LogP contribution in [-0.2, 0) is 17.8 Å². The first-order valence-corrected chi connectivity index (χ1v) is 7.02. The van der Waals surface area contributed by atoms with Gasteiger partial charge in [-0.15, -0.1) is 5.10 Å². The molecule has 2 heterocycles. The summed E-state index contributed by atoms with van der Waals surface area (Å²) in [6, 6.07) is 0.692. The highest BCUT2D eigenvalue weighted by atomic mass is 16.5. The van der Waals surface area contributed by atoms with E-state index in [2.05, 4.69) is 20.8 Å². The number of aryl methyl sites for hydroxylation is 1. The maximum atomic E-state index is 5.73. The van der Waals surface area contributed by atoms with Gasteiger partial charge in [0.05, 0.1) is 12.6 Å². The van der Waals surface area contributed by atoms with E-state index in [-0.39, 0.29) is 0 Å². The van der Waals surface area contributed by atoms with Gasteiger partial charge in [-0.25, -0.2) is 4.68 Å². The van der Waals surface area contributed by atoms with Crippen molar-refractivity contribution in [1.82, 2.24) is 25.5 Å². The smallest absolute Gasteiger partial charge is 0.165 e. The normalized spacial score (nSPS) is 24.3. The second-order valence-corrected chi connectivity index (χ2v) is 5.25. The molecule has 6 heteroatoms. The molecule has 1 aliphatic carbocycles. The van der Waals surface area contributed by atoms with Crippen LogP contribution in [-0.4, -0.2) is 39.0 Å². The maximum Gasteiger partial charge on any atom is 0.165 e. The Hall–Kier alpha value is -1.01. The molecule has 1 unspecified atom stereocenters. The van der Waals surface area contributed by atoms with Gasteiger partial charge in [0.25, 0.3) is 0 Å². The van der Waals surface area contributed by atoms with Gasteiger partial charge >= 0.3 is 0 Å². The number of aromatic nitrogens is 4. The first kappa shape index (κ1) is 12.0. The van der Waals surface area contributed by atoms with Crippen LogP contribution in [0.2, 0.25) is 0 Å². The van der Waals surface area contributed by atoms with Gasteiger partial charge in [-0.05, 0) is 49.0 Å². The average Bonchev–Trinajstić information content (AvgIpc) is 3.14. The predicted molar refractivity (Wildman–Crippen MR) is 65.9 cm³/mol. The molecular formula is C12H21N5O. The number of rotatable bonds is 6. The standard InChI is InChI=1S/C12H21N5O/c1-2-8-18-11(3-1)6-7-17-12(14-15-16-17)9-13-10-4-5-10/h10-11,13H,1-9H2. The lowest BCUT2D eigenvalue weighted by atomic mass is 10.1. The Morgan fingerprint density at radius 3 is 3.00 bits per heavy atom. The van der Waals surface area contributed by atoms with Gasteiger partial charge in [-0.1, -0.05) is 0 Å². The fourth-order valence-electron chi connectivity index (χ4n) is 2.35. The molecule has 1 saturated heterocycles. The Kier molecular flexibility index (Phi) is 3.85. The molecule has 0 bridgehead atoms. The summed E-state index contributed by atoms with van der Waals surface area (Å²) < 4.78 is 7.64. The number of ether oxygens (including phenoxy) is 1. The Balaban J connectivity index is 1.46. The van der Waals surface area contributed by atoms with Crippen molar-refractivity contribution in [3.8, 4) is 0 Å². The van der Waals surface area contributed by atoms with Crippen molar-refractivity contribution < 1.29 is 4.74 Å². The van der Waals surface area contributed by atoms with Gasteiger partial charge < -0.3 is 10.1 Å². The van der Waals surface area contributed by atoms with Crippen LogP contribution >= 0.6 is 0 Å². The molecule has 1 aromatic heterocycles. The topological polar surface area (TPSA) is 64.9 Å². The van der Waals surface area contributed by atoms with Gasteiger partial charge in [0.1, 0.15) is 0 Å². The summed E-state index contributed by atoms with van der Waals surface area (Å²) >= 11 is 0. The van der Waals surface area contributed by atoms with Crippen molar-refractivity contribution in [2.75, 3.05) is 6.61 Å². The van der Waals surface area contributed by atoms with Crippen molar-refractivity contribution in [1.29, 1.82) is 0 Å². The number of tetrazole rings is 1. The third-order valence-corrected chi connectivity index (χ3v) is 3.67. The number of hydrogen-bond donors (Lipinski definition) is 1. The lowest BCUT2D eigenvalue weighted by Gasteiger charge is -2.22. The number of nitrogens with one attached hydrogen (secondary N) is 1. The van der Waals surface area contributed by atoms with E-state index < -0.39 is 0 Å². The molecule has 3 rings (SSSR count). The molecule has 0 aromatic carbocycles. The molecule has 1 atom stereocenters. The largest absolute Gasteiger partial charge is 0.378 e.